The summed E-state index contributed by atoms with van der Waals surface area (Å²) < 4.78 is 1.89. The predicted octanol–water partition coefficient (Wildman–Crippen LogP) is 4.78. The minimum Gasteiger partial charge on any atom is -0.339 e. The van der Waals surface area contributed by atoms with Crippen LogP contribution in [-0.4, -0.2) is 38.2 Å². The van der Waals surface area contributed by atoms with Crippen LogP contribution in [0, 0.1) is 0 Å². The largest absolute Gasteiger partial charge is 0.339 e. The van der Waals surface area contributed by atoms with Gasteiger partial charge in [0, 0.05) is 18.6 Å². The van der Waals surface area contributed by atoms with Crippen LogP contribution in [0.25, 0.3) is 10.9 Å². The maximum absolute atomic E-state index is 13.3. The van der Waals surface area contributed by atoms with Crippen molar-refractivity contribution >= 4 is 28.6 Å². The maximum Gasteiger partial charge on any atom is 0.262 e. The van der Waals surface area contributed by atoms with Gasteiger partial charge in [-0.05, 0) is 57.6 Å². The highest BCUT2D eigenvalue weighted by molar-refractivity contribution is 8.00. The third-order valence-corrected chi connectivity index (χ3v) is 7.53. The van der Waals surface area contributed by atoms with Crippen LogP contribution in [0.4, 0.5) is 0 Å². The van der Waals surface area contributed by atoms with Crippen LogP contribution >= 0.6 is 11.8 Å². The Bertz CT molecular complexity index is 935. The van der Waals surface area contributed by atoms with E-state index < -0.39 is 0 Å². The van der Waals surface area contributed by atoms with E-state index in [9.17, 15) is 9.59 Å². The van der Waals surface area contributed by atoms with Gasteiger partial charge in [-0.1, -0.05) is 43.7 Å². The number of nitrogens with zero attached hydrogens (tertiary/aromatic N) is 3. The molecule has 1 amide bonds. The lowest BCUT2D eigenvalue weighted by Crippen LogP contribution is -2.46. The molecule has 1 aliphatic heterocycles. The lowest BCUT2D eigenvalue weighted by molar-refractivity contribution is -0.134. The minimum absolute atomic E-state index is 0.0362. The number of carbonyl (C=O) groups is 1. The van der Waals surface area contributed by atoms with Gasteiger partial charge in [0.25, 0.3) is 5.56 Å². The smallest absolute Gasteiger partial charge is 0.262 e. The summed E-state index contributed by atoms with van der Waals surface area (Å²) in [6.45, 7) is 4.98. The number of thioether (sulfide) groups is 1. The molecule has 0 bridgehead atoms. The van der Waals surface area contributed by atoms with Gasteiger partial charge in [0.2, 0.25) is 5.91 Å². The van der Waals surface area contributed by atoms with Crippen LogP contribution in [0.15, 0.2) is 34.2 Å². The predicted molar refractivity (Wildman–Crippen MR) is 118 cm³/mol. The number of hydrogen-bond donors (Lipinski definition) is 0. The van der Waals surface area contributed by atoms with Gasteiger partial charge < -0.3 is 4.90 Å². The van der Waals surface area contributed by atoms with Crippen LogP contribution < -0.4 is 5.56 Å². The number of aromatic nitrogens is 2. The second kappa shape index (κ2) is 8.90. The molecule has 1 saturated heterocycles. The van der Waals surface area contributed by atoms with E-state index in [4.69, 9.17) is 4.98 Å². The van der Waals surface area contributed by atoms with Crippen molar-refractivity contribution in [3.63, 3.8) is 0 Å². The number of hydrogen-bond acceptors (Lipinski definition) is 4. The SMILES string of the molecule is CCC1CCCCN1C(=O)C(C)Sc1nc2ccccc2c(=O)n1C1CCCC1. The molecular weight excluding hydrogens is 382 g/mol. The molecule has 2 aromatic rings. The molecule has 2 fully saturated rings. The molecule has 156 valence electrons. The number of amides is 1. The van der Waals surface area contributed by atoms with E-state index >= 15 is 0 Å². The third-order valence-electron chi connectivity index (χ3n) is 6.48. The quantitative estimate of drug-likeness (QED) is 0.523. The Kier molecular flexibility index (Phi) is 6.28. The Morgan fingerprint density at radius 2 is 1.90 bits per heavy atom. The third kappa shape index (κ3) is 4.09. The van der Waals surface area contributed by atoms with Gasteiger partial charge in [-0.2, -0.15) is 0 Å². The summed E-state index contributed by atoms with van der Waals surface area (Å²) in [4.78, 5) is 33.5. The monoisotopic (exact) mass is 413 g/mol. The molecule has 4 rings (SSSR count). The first-order chi connectivity index (χ1) is 14.1. The highest BCUT2D eigenvalue weighted by atomic mass is 32.2. The molecule has 5 nitrogen and oxygen atoms in total. The van der Waals surface area contributed by atoms with Crippen LogP contribution in [0.3, 0.4) is 0 Å². The van der Waals surface area contributed by atoms with Crippen molar-refractivity contribution in [3.8, 4) is 0 Å². The van der Waals surface area contributed by atoms with E-state index in [-0.39, 0.29) is 22.8 Å². The zero-order chi connectivity index (χ0) is 20.4. The first-order valence-corrected chi connectivity index (χ1v) is 12.0. The number of benzene rings is 1. The number of rotatable bonds is 5. The number of piperidine rings is 1. The fraction of sp³-hybridized carbons (Fsp3) is 0.609. The summed E-state index contributed by atoms with van der Waals surface area (Å²) in [5.41, 5.74) is 0.757. The van der Waals surface area contributed by atoms with Gasteiger partial charge >= 0.3 is 0 Å². The van der Waals surface area contributed by atoms with E-state index in [1.807, 2.05) is 35.8 Å². The molecule has 1 aromatic carbocycles. The maximum atomic E-state index is 13.3. The molecule has 2 atom stereocenters. The second-order valence-corrected chi connectivity index (χ2v) is 9.68. The first-order valence-electron chi connectivity index (χ1n) is 11.1. The lowest BCUT2D eigenvalue weighted by atomic mass is 10.00. The van der Waals surface area contributed by atoms with Crippen molar-refractivity contribution in [3.05, 3.63) is 34.6 Å². The fourth-order valence-electron chi connectivity index (χ4n) is 4.85. The Labute approximate surface area is 176 Å². The van der Waals surface area contributed by atoms with E-state index in [0.717, 1.165) is 57.0 Å². The van der Waals surface area contributed by atoms with E-state index in [1.165, 1.54) is 18.2 Å². The van der Waals surface area contributed by atoms with E-state index in [0.29, 0.717) is 16.6 Å². The molecule has 29 heavy (non-hydrogen) atoms. The highest BCUT2D eigenvalue weighted by Crippen LogP contribution is 2.34. The van der Waals surface area contributed by atoms with Crippen LogP contribution in [-0.2, 0) is 4.79 Å². The number of likely N-dealkylation sites (tertiary alicyclic amines) is 1. The van der Waals surface area contributed by atoms with Crippen molar-refractivity contribution < 1.29 is 4.79 Å². The Hall–Kier alpha value is -1.82. The zero-order valence-electron chi connectivity index (χ0n) is 17.5. The van der Waals surface area contributed by atoms with Crippen LogP contribution in [0.2, 0.25) is 0 Å². The first kappa shape index (κ1) is 20.5. The van der Waals surface area contributed by atoms with Crippen molar-refractivity contribution in [2.75, 3.05) is 6.54 Å². The number of para-hydroxylation sites is 1. The van der Waals surface area contributed by atoms with Gasteiger partial charge in [-0.25, -0.2) is 4.98 Å². The lowest BCUT2D eigenvalue weighted by Gasteiger charge is -2.36. The Morgan fingerprint density at radius 3 is 2.66 bits per heavy atom. The van der Waals surface area contributed by atoms with Gasteiger partial charge in [0.05, 0.1) is 16.2 Å². The van der Waals surface area contributed by atoms with Gasteiger partial charge in [-0.15, -0.1) is 0 Å². The molecule has 1 aromatic heterocycles. The van der Waals surface area contributed by atoms with E-state index in [2.05, 4.69) is 11.8 Å². The average Bonchev–Trinajstić information content (AvgIpc) is 3.27. The molecule has 2 heterocycles. The van der Waals surface area contributed by atoms with Gasteiger partial charge in [0.15, 0.2) is 5.16 Å². The second-order valence-electron chi connectivity index (χ2n) is 8.37. The standard InChI is InChI=1S/C23H31N3O2S/c1-3-17-10-8-9-15-25(17)21(27)16(2)29-23-24-20-14-7-6-13-19(20)22(28)26(23)18-11-4-5-12-18/h6-7,13-14,16-18H,3-5,8-12,15H2,1-2H3. The zero-order valence-corrected chi connectivity index (χ0v) is 18.3. The van der Waals surface area contributed by atoms with Crippen LogP contribution in [0.1, 0.15) is 71.3 Å². The minimum atomic E-state index is -0.247. The number of fused-ring (bicyclic) bond motifs is 1. The summed E-state index contributed by atoms with van der Waals surface area (Å²) >= 11 is 1.46. The topological polar surface area (TPSA) is 55.2 Å². The van der Waals surface area contributed by atoms with Crippen molar-refractivity contribution in [2.24, 2.45) is 0 Å². The molecule has 0 spiro atoms. The molecular formula is C23H31N3O2S. The molecule has 2 unspecified atom stereocenters. The number of carbonyl (C=O) groups excluding carboxylic acids is 1. The van der Waals surface area contributed by atoms with Crippen molar-refractivity contribution in [1.82, 2.24) is 14.5 Å². The molecule has 2 aliphatic rings. The summed E-state index contributed by atoms with van der Waals surface area (Å²) in [5.74, 6) is 0.182. The molecule has 1 aliphatic carbocycles. The van der Waals surface area contributed by atoms with Crippen molar-refractivity contribution in [2.45, 2.75) is 87.7 Å². The average molecular weight is 414 g/mol. The normalized spacial score (nSPS) is 21.6. The summed E-state index contributed by atoms with van der Waals surface area (Å²) in [6.07, 6.45) is 8.71. The fourth-order valence-corrected chi connectivity index (χ4v) is 5.90. The highest BCUT2D eigenvalue weighted by Gasteiger charge is 2.31. The Morgan fingerprint density at radius 1 is 1.17 bits per heavy atom. The Balaban J connectivity index is 1.66. The molecule has 1 saturated carbocycles. The molecule has 6 heteroatoms. The van der Waals surface area contributed by atoms with Crippen molar-refractivity contribution in [1.29, 1.82) is 0 Å². The van der Waals surface area contributed by atoms with Gasteiger partial charge in [0.1, 0.15) is 0 Å². The summed E-state index contributed by atoms with van der Waals surface area (Å²) in [7, 11) is 0. The van der Waals surface area contributed by atoms with E-state index in [1.54, 1.807) is 0 Å². The van der Waals surface area contributed by atoms with Crippen LogP contribution in [0.5, 0.6) is 0 Å². The summed E-state index contributed by atoms with van der Waals surface area (Å²) in [6, 6.07) is 8.11. The van der Waals surface area contributed by atoms with Gasteiger partial charge in [-0.3, -0.25) is 14.2 Å². The molecule has 0 radical (unpaired) electrons. The summed E-state index contributed by atoms with van der Waals surface area (Å²) in [5, 5.41) is 1.12. The molecule has 0 N–H and O–H groups in total.